The molecule has 1 N–H and O–H groups in total. The fourth-order valence-electron chi connectivity index (χ4n) is 1.39. The zero-order valence-corrected chi connectivity index (χ0v) is 11.9. The molecule has 1 aromatic rings. The van der Waals surface area contributed by atoms with Crippen LogP contribution < -0.4 is 5.32 Å². The summed E-state index contributed by atoms with van der Waals surface area (Å²) < 4.78 is 11.7. The molecule has 0 radical (unpaired) electrons. The molecule has 0 amide bonds. The lowest BCUT2D eigenvalue weighted by Crippen LogP contribution is -2.22. The molecule has 94 valence electrons. The largest absolute Gasteiger partial charge is 0.381 e. The Labute approximate surface area is 110 Å². The Kier molecular flexibility index (Phi) is 5.07. The highest BCUT2D eigenvalue weighted by atomic mass is 79.9. The zero-order chi connectivity index (χ0) is 13.0. The first-order valence-corrected chi connectivity index (χ1v) is 7.42. The summed E-state index contributed by atoms with van der Waals surface area (Å²) in [5.41, 5.74) is 0.794. The summed E-state index contributed by atoms with van der Waals surface area (Å²) in [6.45, 7) is 1.91. The van der Waals surface area contributed by atoms with Gasteiger partial charge in [0, 0.05) is 51.1 Å². The quantitative estimate of drug-likeness (QED) is 0.668. The molecule has 1 aromatic carbocycles. The van der Waals surface area contributed by atoms with Gasteiger partial charge in [0.05, 0.1) is 4.92 Å². The summed E-state index contributed by atoms with van der Waals surface area (Å²) >= 11 is 3.27. The molecule has 2 unspecified atom stereocenters. The standard InChI is InChI=1S/C10H13BrN2O3S/c1-7(6-17(2)16)12-10-4-3-8(13(14)15)5-9(10)11/h3-5,7,12H,6H2,1-2H3. The zero-order valence-electron chi connectivity index (χ0n) is 9.47. The lowest BCUT2D eigenvalue weighted by molar-refractivity contribution is -0.384. The summed E-state index contributed by atoms with van der Waals surface area (Å²) in [6, 6.07) is 4.55. The summed E-state index contributed by atoms with van der Waals surface area (Å²) in [7, 11) is -0.874. The molecule has 0 aliphatic carbocycles. The van der Waals surface area contributed by atoms with Crippen molar-refractivity contribution in [2.45, 2.75) is 13.0 Å². The van der Waals surface area contributed by atoms with Crippen LogP contribution in [0.15, 0.2) is 22.7 Å². The number of nitrogens with zero attached hydrogens (tertiary/aromatic N) is 1. The molecule has 0 bridgehead atoms. The molecule has 7 heteroatoms. The van der Waals surface area contributed by atoms with E-state index in [1.54, 1.807) is 12.3 Å². The first kappa shape index (κ1) is 14.1. The molecule has 0 saturated carbocycles. The molecule has 0 aromatic heterocycles. The van der Waals surface area contributed by atoms with Crippen LogP contribution in [-0.2, 0) is 10.8 Å². The third-order valence-corrected chi connectivity index (χ3v) is 3.68. The highest BCUT2D eigenvalue weighted by Gasteiger charge is 2.11. The van der Waals surface area contributed by atoms with Crippen molar-refractivity contribution >= 4 is 38.1 Å². The van der Waals surface area contributed by atoms with Crippen LogP contribution in [0.4, 0.5) is 11.4 Å². The molecule has 0 saturated heterocycles. The van der Waals surface area contributed by atoms with Crippen molar-refractivity contribution in [1.29, 1.82) is 0 Å². The number of anilines is 1. The SMILES string of the molecule is CC(CS(C)=O)Nc1ccc([N+](=O)[O-])cc1Br. The van der Waals surface area contributed by atoms with E-state index < -0.39 is 15.7 Å². The van der Waals surface area contributed by atoms with Gasteiger partial charge < -0.3 is 5.32 Å². The van der Waals surface area contributed by atoms with Crippen LogP contribution in [0.5, 0.6) is 0 Å². The van der Waals surface area contributed by atoms with Crippen molar-refractivity contribution in [2.24, 2.45) is 0 Å². The second-order valence-corrected chi connectivity index (χ2v) is 6.04. The number of hydrogen-bond acceptors (Lipinski definition) is 4. The van der Waals surface area contributed by atoms with E-state index in [0.29, 0.717) is 10.2 Å². The van der Waals surface area contributed by atoms with E-state index in [1.807, 2.05) is 6.92 Å². The van der Waals surface area contributed by atoms with Crippen LogP contribution in [0.3, 0.4) is 0 Å². The highest BCUT2D eigenvalue weighted by Crippen LogP contribution is 2.27. The minimum absolute atomic E-state index is 0.0362. The molecule has 2 atom stereocenters. The molecule has 0 fully saturated rings. The first-order valence-electron chi connectivity index (χ1n) is 4.90. The van der Waals surface area contributed by atoms with E-state index in [9.17, 15) is 14.3 Å². The fraction of sp³-hybridized carbons (Fsp3) is 0.400. The molecule has 0 heterocycles. The van der Waals surface area contributed by atoms with Gasteiger partial charge in [0.25, 0.3) is 5.69 Å². The van der Waals surface area contributed by atoms with Gasteiger partial charge in [-0.1, -0.05) is 0 Å². The van der Waals surface area contributed by atoms with Gasteiger partial charge in [0.2, 0.25) is 0 Å². The Hall–Kier alpha value is -0.950. The summed E-state index contributed by atoms with van der Waals surface area (Å²) in [6.07, 6.45) is 1.64. The van der Waals surface area contributed by atoms with Crippen LogP contribution in [0.1, 0.15) is 6.92 Å². The third-order valence-electron chi connectivity index (χ3n) is 2.05. The molecule has 0 spiro atoms. The van der Waals surface area contributed by atoms with Crippen LogP contribution in [0.25, 0.3) is 0 Å². The second kappa shape index (κ2) is 6.11. The number of non-ortho nitro benzene ring substituents is 1. The minimum atomic E-state index is -0.874. The normalized spacial score (nSPS) is 14.1. The Balaban J connectivity index is 2.79. The molecule has 1 rings (SSSR count). The Morgan fingerprint density at radius 2 is 2.24 bits per heavy atom. The van der Waals surface area contributed by atoms with E-state index in [0.717, 1.165) is 5.69 Å². The van der Waals surface area contributed by atoms with Crippen molar-refractivity contribution in [3.63, 3.8) is 0 Å². The molecule has 5 nitrogen and oxygen atoms in total. The average molecular weight is 321 g/mol. The second-order valence-electron chi connectivity index (χ2n) is 3.71. The van der Waals surface area contributed by atoms with E-state index in [1.165, 1.54) is 12.1 Å². The van der Waals surface area contributed by atoms with Gasteiger partial charge in [-0.3, -0.25) is 14.3 Å². The van der Waals surface area contributed by atoms with Crippen molar-refractivity contribution in [1.82, 2.24) is 0 Å². The van der Waals surface area contributed by atoms with Crippen LogP contribution in [0, 0.1) is 10.1 Å². The number of nitrogens with one attached hydrogen (secondary N) is 1. The number of hydrogen-bond donors (Lipinski definition) is 1. The summed E-state index contributed by atoms with van der Waals surface area (Å²) in [5, 5.41) is 13.7. The lowest BCUT2D eigenvalue weighted by atomic mass is 10.2. The lowest BCUT2D eigenvalue weighted by Gasteiger charge is -2.14. The number of rotatable bonds is 5. The van der Waals surface area contributed by atoms with Gasteiger partial charge in [0.1, 0.15) is 0 Å². The monoisotopic (exact) mass is 320 g/mol. The number of halogens is 1. The van der Waals surface area contributed by atoms with E-state index >= 15 is 0 Å². The van der Waals surface area contributed by atoms with Crippen LogP contribution >= 0.6 is 15.9 Å². The van der Waals surface area contributed by atoms with Gasteiger partial charge in [-0.25, -0.2) is 0 Å². The predicted octanol–water partition coefficient (Wildman–Crippen LogP) is 2.54. The minimum Gasteiger partial charge on any atom is -0.381 e. The summed E-state index contributed by atoms with van der Waals surface area (Å²) in [5.74, 6) is 0.531. The smallest absolute Gasteiger partial charge is 0.270 e. The van der Waals surface area contributed by atoms with E-state index in [4.69, 9.17) is 0 Å². The number of benzene rings is 1. The number of nitro groups is 1. The molecule has 0 aliphatic rings. The number of nitro benzene ring substituents is 1. The first-order chi connectivity index (χ1) is 7.90. The third kappa shape index (κ3) is 4.43. The maximum Gasteiger partial charge on any atom is 0.270 e. The molecule has 0 aliphatic heterocycles. The summed E-state index contributed by atoms with van der Waals surface area (Å²) in [4.78, 5) is 10.1. The van der Waals surface area contributed by atoms with Crippen molar-refractivity contribution in [3.05, 3.63) is 32.8 Å². The Morgan fingerprint density at radius 1 is 1.59 bits per heavy atom. The van der Waals surface area contributed by atoms with Crippen LogP contribution in [-0.4, -0.2) is 27.2 Å². The van der Waals surface area contributed by atoms with Gasteiger partial charge in [-0.2, -0.15) is 0 Å². The van der Waals surface area contributed by atoms with Gasteiger partial charge in [-0.05, 0) is 28.9 Å². The van der Waals surface area contributed by atoms with Crippen molar-refractivity contribution in [2.75, 3.05) is 17.3 Å². The molecular formula is C10H13BrN2O3S. The Bertz CT molecular complexity index is 453. The van der Waals surface area contributed by atoms with Crippen molar-refractivity contribution in [3.8, 4) is 0 Å². The van der Waals surface area contributed by atoms with Gasteiger partial charge in [-0.15, -0.1) is 0 Å². The Morgan fingerprint density at radius 3 is 2.71 bits per heavy atom. The van der Waals surface area contributed by atoms with Crippen LogP contribution in [0.2, 0.25) is 0 Å². The molecular weight excluding hydrogens is 308 g/mol. The highest BCUT2D eigenvalue weighted by molar-refractivity contribution is 9.10. The molecule has 17 heavy (non-hydrogen) atoms. The van der Waals surface area contributed by atoms with E-state index in [2.05, 4.69) is 21.2 Å². The maximum absolute atomic E-state index is 11.0. The maximum atomic E-state index is 11.0. The van der Waals surface area contributed by atoms with Gasteiger partial charge in [0.15, 0.2) is 0 Å². The van der Waals surface area contributed by atoms with E-state index in [-0.39, 0.29) is 11.7 Å². The fourth-order valence-corrected chi connectivity index (χ4v) is 2.66. The van der Waals surface area contributed by atoms with Gasteiger partial charge >= 0.3 is 0 Å². The topological polar surface area (TPSA) is 72.2 Å². The predicted molar refractivity (Wildman–Crippen MR) is 72.8 cm³/mol. The van der Waals surface area contributed by atoms with Crippen molar-refractivity contribution < 1.29 is 9.13 Å². The average Bonchev–Trinajstić information content (AvgIpc) is 2.19.